The molecule has 0 fully saturated rings. The molecule has 2 aromatic heterocycles. The minimum absolute atomic E-state index is 0.0501. The summed E-state index contributed by atoms with van der Waals surface area (Å²) in [7, 11) is 2.42. The van der Waals surface area contributed by atoms with E-state index < -0.39 is 34.3 Å². The second-order valence-electron chi connectivity index (χ2n) is 6.33. The van der Waals surface area contributed by atoms with E-state index in [-0.39, 0.29) is 34.1 Å². The van der Waals surface area contributed by atoms with Gasteiger partial charge in [-0.3, -0.25) is 24.1 Å². The number of benzene rings is 1. The Hall–Kier alpha value is -4.02. The van der Waals surface area contributed by atoms with Gasteiger partial charge in [-0.05, 0) is 11.9 Å². The summed E-state index contributed by atoms with van der Waals surface area (Å²) in [5.41, 5.74) is -3.66. The number of aromatic hydroxyl groups is 1. The molecule has 28 heavy (non-hydrogen) atoms. The van der Waals surface area contributed by atoms with Gasteiger partial charge in [-0.1, -0.05) is 6.07 Å². The van der Waals surface area contributed by atoms with E-state index in [1.54, 1.807) is 0 Å². The molecule has 3 aromatic rings. The van der Waals surface area contributed by atoms with Gasteiger partial charge in [0.1, 0.15) is 11.5 Å². The van der Waals surface area contributed by atoms with Gasteiger partial charge in [0, 0.05) is 31.3 Å². The topological polar surface area (TPSA) is 162 Å². The monoisotopic (exact) mass is 385 g/mol. The highest BCUT2D eigenvalue weighted by Gasteiger charge is 2.35. The molecular formula is C17H13N4O7-. The fraction of sp³-hybridized carbons (Fsp3) is 0.176. The second-order valence-corrected chi connectivity index (χ2v) is 6.33. The Balaban J connectivity index is 2.18. The Morgan fingerprint density at radius 2 is 1.71 bits per heavy atom. The highest BCUT2D eigenvalue weighted by molar-refractivity contribution is 5.58. The molecule has 11 nitrogen and oxygen atoms in total. The summed E-state index contributed by atoms with van der Waals surface area (Å²) in [6.07, 6.45) is 0. The fourth-order valence-electron chi connectivity index (χ4n) is 3.24. The van der Waals surface area contributed by atoms with Gasteiger partial charge in [-0.25, -0.2) is 9.59 Å². The third-order valence-corrected chi connectivity index (χ3v) is 4.71. The van der Waals surface area contributed by atoms with Crippen molar-refractivity contribution in [3.05, 3.63) is 76.6 Å². The molecule has 3 N–H and O–H groups in total. The summed E-state index contributed by atoms with van der Waals surface area (Å²) in [6.45, 7) is 0. The first-order chi connectivity index (χ1) is 13.2. The molecule has 1 aromatic carbocycles. The van der Waals surface area contributed by atoms with Crippen molar-refractivity contribution in [1.82, 2.24) is 19.1 Å². The maximum atomic E-state index is 12.8. The number of phenols is 1. The van der Waals surface area contributed by atoms with Crippen LogP contribution in [-0.4, -0.2) is 24.2 Å². The lowest BCUT2D eigenvalue weighted by Gasteiger charge is -2.30. The molecule has 144 valence electrons. The lowest BCUT2D eigenvalue weighted by Crippen LogP contribution is -2.40. The van der Waals surface area contributed by atoms with Crippen molar-refractivity contribution in [2.75, 3.05) is 0 Å². The van der Waals surface area contributed by atoms with Crippen LogP contribution in [0.25, 0.3) is 0 Å². The molecule has 0 aliphatic carbocycles. The zero-order valence-electron chi connectivity index (χ0n) is 14.6. The number of nitrogens with zero attached hydrogens (tertiary/aromatic N) is 2. The molecule has 0 spiro atoms. The summed E-state index contributed by atoms with van der Waals surface area (Å²) in [6, 6.07) is 3.92. The summed E-state index contributed by atoms with van der Waals surface area (Å²) in [5, 5.41) is 22.5. The van der Waals surface area contributed by atoms with Crippen LogP contribution in [0.5, 0.6) is 23.3 Å². The van der Waals surface area contributed by atoms with Gasteiger partial charge < -0.3 is 19.5 Å². The zero-order chi connectivity index (χ0) is 20.3. The van der Waals surface area contributed by atoms with E-state index in [0.717, 1.165) is 4.57 Å². The van der Waals surface area contributed by atoms with Gasteiger partial charge in [-0.2, -0.15) is 0 Å². The van der Waals surface area contributed by atoms with E-state index in [4.69, 9.17) is 4.74 Å². The predicted octanol–water partition coefficient (Wildman–Crippen LogP) is -1.47. The third-order valence-electron chi connectivity index (χ3n) is 4.71. The molecular weight excluding hydrogens is 372 g/mol. The molecule has 1 aliphatic rings. The molecule has 0 saturated carbocycles. The van der Waals surface area contributed by atoms with E-state index in [1.807, 2.05) is 4.98 Å². The van der Waals surface area contributed by atoms with Gasteiger partial charge >= 0.3 is 11.4 Å². The third kappa shape index (κ3) is 2.29. The summed E-state index contributed by atoms with van der Waals surface area (Å²) >= 11 is 0. The number of hydrogen-bond acceptors (Lipinski definition) is 7. The highest BCUT2D eigenvalue weighted by atomic mass is 16.5. The fourth-order valence-corrected chi connectivity index (χ4v) is 3.24. The van der Waals surface area contributed by atoms with E-state index >= 15 is 0 Å². The van der Waals surface area contributed by atoms with Crippen molar-refractivity contribution >= 4 is 0 Å². The van der Waals surface area contributed by atoms with Gasteiger partial charge in [0.2, 0.25) is 5.88 Å². The predicted molar refractivity (Wildman–Crippen MR) is 93.2 cm³/mol. The van der Waals surface area contributed by atoms with Crippen molar-refractivity contribution in [1.29, 1.82) is 0 Å². The summed E-state index contributed by atoms with van der Waals surface area (Å²) in [4.78, 5) is 53.5. The van der Waals surface area contributed by atoms with Crippen LogP contribution in [0.1, 0.15) is 22.6 Å². The van der Waals surface area contributed by atoms with E-state index in [2.05, 4.69) is 4.98 Å². The minimum Gasteiger partial charge on any atom is -0.860 e. The van der Waals surface area contributed by atoms with Crippen LogP contribution in [0, 0.1) is 0 Å². The summed E-state index contributed by atoms with van der Waals surface area (Å²) in [5.74, 6) is -2.47. The molecule has 0 amide bonds. The Kier molecular flexibility index (Phi) is 3.57. The van der Waals surface area contributed by atoms with Crippen molar-refractivity contribution in [2.45, 2.75) is 5.92 Å². The van der Waals surface area contributed by atoms with Gasteiger partial charge in [0.05, 0.1) is 11.5 Å². The van der Waals surface area contributed by atoms with Crippen LogP contribution in [-0.2, 0) is 14.1 Å². The largest absolute Gasteiger partial charge is 0.860 e. The Bertz CT molecular complexity index is 1370. The molecule has 4 rings (SSSR count). The lowest BCUT2D eigenvalue weighted by molar-refractivity contribution is -0.280. The Morgan fingerprint density at radius 3 is 2.43 bits per heavy atom. The molecule has 0 bridgehead atoms. The van der Waals surface area contributed by atoms with Crippen molar-refractivity contribution in [3.63, 3.8) is 0 Å². The summed E-state index contributed by atoms with van der Waals surface area (Å²) < 4.78 is 7.04. The first-order valence-corrected chi connectivity index (χ1v) is 8.05. The number of phenolic OH excluding ortho intramolecular Hbond substituents is 1. The standard InChI is InChI=1S/C17H14N4O7/c1-20-14(24)10(12(23)18-16(20)26)9-7-4-3-6(22)5-8(7)28-13-11(9)15(25)21(2)17(27)19-13/h3-5,9,22,24H,1-2H3,(H,19,27)(H,18,23,26)/p-1. The number of ether oxygens (including phenoxy) is 1. The van der Waals surface area contributed by atoms with Crippen LogP contribution < -0.4 is 32.3 Å². The van der Waals surface area contributed by atoms with Gasteiger partial charge in [0.15, 0.2) is 0 Å². The number of nitrogens with one attached hydrogen (secondary N) is 2. The highest BCUT2D eigenvalue weighted by Crippen LogP contribution is 2.45. The van der Waals surface area contributed by atoms with E-state index in [0.29, 0.717) is 4.57 Å². The smallest absolute Gasteiger partial charge is 0.330 e. The number of aromatic nitrogens is 4. The van der Waals surface area contributed by atoms with E-state index in [9.17, 15) is 29.4 Å². The molecule has 11 heteroatoms. The van der Waals surface area contributed by atoms with Gasteiger partial charge in [0.25, 0.3) is 11.1 Å². The van der Waals surface area contributed by atoms with Crippen LogP contribution >= 0.6 is 0 Å². The Labute approximate surface area is 154 Å². The van der Waals surface area contributed by atoms with Crippen LogP contribution in [0.3, 0.4) is 0 Å². The van der Waals surface area contributed by atoms with Crippen LogP contribution in [0.4, 0.5) is 0 Å². The molecule has 0 radical (unpaired) electrons. The van der Waals surface area contributed by atoms with Crippen molar-refractivity contribution in [2.24, 2.45) is 14.1 Å². The Morgan fingerprint density at radius 1 is 1.04 bits per heavy atom. The number of aromatic amines is 2. The maximum Gasteiger partial charge on any atom is 0.330 e. The quantitative estimate of drug-likeness (QED) is 0.360. The number of hydrogen-bond donors (Lipinski definition) is 3. The minimum atomic E-state index is -1.22. The van der Waals surface area contributed by atoms with Crippen LogP contribution in [0.2, 0.25) is 0 Å². The van der Waals surface area contributed by atoms with Crippen molar-refractivity contribution in [3.8, 4) is 23.3 Å². The average Bonchev–Trinajstić information content (AvgIpc) is 2.63. The molecule has 1 aliphatic heterocycles. The van der Waals surface area contributed by atoms with Crippen molar-refractivity contribution < 1.29 is 14.9 Å². The number of H-pyrrole nitrogens is 2. The molecule has 3 heterocycles. The second kappa shape index (κ2) is 5.74. The number of rotatable bonds is 1. The lowest BCUT2D eigenvalue weighted by atomic mass is 9.84. The maximum absolute atomic E-state index is 12.8. The zero-order valence-corrected chi connectivity index (χ0v) is 14.6. The number of fused-ring (bicyclic) bond motifs is 2. The van der Waals surface area contributed by atoms with Crippen LogP contribution in [0.15, 0.2) is 37.4 Å². The van der Waals surface area contributed by atoms with E-state index in [1.165, 1.54) is 32.3 Å². The first-order valence-electron chi connectivity index (χ1n) is 8.05. The molecule has 0 saturated heterocycles. The van der Waals surface area contributed by atoms with Gasteiger partial charge in [-0.15, -0.1) is 0 Å². The first kappa shape index (κ1) is 17.4. The molecule has 1 unspecified atom stereocenters. The SMILES string of the molecule is Cn1c([O-])c(C2c3ccc(O)cc3Oc3[nH]c(=O)n(C)c(=O)c32)c(=O)[nH]c1=O. The normalized spacial score (nSPS) is 14.9. The average molecular weight is 385 g/mol. The molecule has 1 atom stereocenters.